The van der Waals surface area contributed by atoms with Crippen LogP contribution in [0.3, 0.4) is 0 Å². The van der Waals surface area contributed by atoms with Crippen LogP contribution in [0.15, 0.2) is 76.1 Å². The minimum atomic E-state index is -4.21. The van der Waals surface area contributed by atoms with Crippen molar-refractivity contribution in [2.45, 2.75) is 57.6 Å². The molecule has 0 aliphatic rings. The Morgan fingerprint density at radius 3 is 2.14 bits per heavy atom. The van der Waals surface area contributed by atoms with E-state index in [4.69, 9.17) is 9.47 Å². The van der Waals surface area contributed by atoms with Crippen molar-refractivity contribution < 1.29 is 27.5 Å². The zero-order valence-corrected chi connectivity index (χ0v) is 27.2. The maximum atomic E-state index is 14.1. The third-order valence-electron chi connectivity index (χ3n) is 6.99. The zero-order valence-electron chi connectivity index (χ0n) is 24.8. The van der Waals surface area contributed by atoms with Crippen molar-refractivity contribution in [3.8, 4) is 11.5 Å². The summed E-state index contributed by atoms with van der Waals surface area (Å²) >= 11 is 3.36. The number of rotatable bonds is 13. The maximum absolute atomic E-state index is 14.1. The fourth-order valence-electron chi connectivity index (χ4n) is 4.15. The first-order valence-electron chi connectivity index (χ1n) is 13.6. The molecule has 0 bridgehead atoms. The Hall–Kier alpha value is -3.57. The lowest BCUT2D eigenvalue weighted by molar-refractivity contribution is -0.139. The van der Waals surface area contributed by atoms with Gasteiger partial charge in [0.05, 0.1) is 29.3 Å². The van der Waals surface area contributed by atoms with Crippen molar-refractivity contribution in [2.24, 2.45) is 0 Å². The van der Waals surface area contributed by atoms with Crippen LogP contribution in [-0.2, 0) is 26.2 Å². The number of anilines is 1. The van der Waals surface area contributed by atoms with Gasteiger partial charge in [0, 0.05) is 12.6 Å². The number of amides is 2. The molecule has 9 nitrogen and oxygen atoms in total. The summed E-state index contributed by atoms with van der Waals surface area (Å²) in [6, 6.07) is 17.5. The normalized spacial score (nSPS) is 12.6. The van der Waals surface area contributed by atoms with Gasteiger partial charge in [-0.25, -0.2) is 8.42 Å². The number of carbonyl (C=O) groups excluding carboxylic acids is 2. The summed E-state index contributed by atoms with van der Waals surface area (Å²) in [4.78, 5) is 28.6. The molecule has 226 valence electrons. The molecule has 3 aromatic rings. The molecule has 0 spiro atoms. The number of methoxy groups -OCH3 is 2. The smallest absolute Gasteiger partial charge is 0.264 e. The molecule has 0 saturated carbocycles. The molecular formula is C31H38BrN3O6S. The number of benzene rings is 3. The van der Waals surface area contributed by atoms with Gasteiger partial charge < -0.3 is 19.7 Å². The highest BCUT2D eigenvalue weighted by Gasteiger charge is 2.33. The maximum Gasteiger partial charge on any atom is 0.264 e. The van der Waals surface area contributed by atoms with E-state index in [1.54, 1.807) is 56.5 Å². The Kier molecular flexibility index (Phi) is 11.4. The molecule has 11 heteroatoms. The van der Waals surface area contributed by atoms with Crippen LogP contribution < -0.4 is 19.1 Å². The number of aryl methyl sites for hydroxylation is 1. The predicted octanol–water partition coefficient (Wildman–Crippen LogP) is 5.30. The quantitative estimate of drug-likeness (QED) is 0.267. The van der Waals surface area contributed by atoms with E-state index < -0.39 is 28.5 Å². The number of halogens is 1. The Labute approximate surface area is 257 Å². The summed E-state index contributed by atoms with van der Waals surface area (Å²) in [5.41, 5.74) is 2.02. The van der Waals surface area contributed by atoms with Crippen LogP contribution in [0.2, 0.25) is 0 Å². The van der Waals surface area contributed by atoms with E-state index in [-0.39, 0.29) is 23.4 Å². The van der Waals surface area contributed by atoms with E-state index >= 15 is 0 Å². The van der Waals surface area contributed by atoms with Crippen molar-refractivity contribution in [1.82, 2.24) is 10.2 Å². The lowest BCUT2D eigenvalue weighted by Crippen LogP contribution is -2.52. The zero-order chi connectivity index (χ0) is 31.0. The van der Waals surface area contributed by atoms with Gasteiger partial charge in [0.25, 0.3) is 10.0 Å². The first-order chi connectivity index (χ1) is 19.9. The largest absolute Gasteiger partial charge is 0.497 e. The van der Waals surface area contributed by atoms with Gasteiger partial charge >= 0.3 is 0 Å². The predicted molar refractivity (Wildman–Crippen MR) is 167 cm³/mol. The molecule has 0 saturated heterocycles. The molecular weight excluding hydrogens is 622 g/mol. The number of sulfonamides is 1. The van der Waals surface area contributed by atoms with Crippen molar-refractivity contribution in [3.63, 3.8) is 0 Å². The number of nitrogens with one attached hydrogen (secondary N) is 1. The van der Waals surface area contributed by atoms with Crippen molar-refractivity contribution >= 4 is 43.5 Å². The van der Waals surface area contributed by atoms with E-state index in [1.165, 1.54) is 24.1 Å². The molecule has 42 heavy (non-hydrogen) atoms. The summed E-state index contributed by atoms with van der Waals surface area (Å²) in [7, 11) is -1.16. The third kappa shape index (κ3) is 8.04. The van der Waals surface area contributed by atoms with E-state index in [9.17, 15) is 18.0 Å². The Morgan fingerprint density at radius 2 is 1.60 bits per heavy atom. The van der Waals surface area contributed by atoms with Gasteiger partial charge in [-0.15, -0.1) is 0 Å². The summed E-state index contributed by atoms with van der Waals surface area (Å²) in [6.45, 7) is 6.95. The number of ether oxygens (including phenoxy) is 2. The molecule has 0 heterocycles. The Balaban J connectivity index is 2.04. The average Bonchev–Trinajstić information content (AvgIpc) is 2.98. The molecule has 3 aromatic carbocycles. The number of hydrogen-bond acceptors (Lipinski definition) is 6. The minimum Gasteiger partial charge on any atom is -0.497 e. The Bertz CT molecular complexity index is 1480. The number of hydrogen-bond donors (Lipinski definition) is 1. The van der Waals surface area contributed by atoms with Crippen LogP contribution in [0.25, 0.3) is 0 Å². The van der Waals surface area contributed by atoms with Crippen LogP contribution in [0.1, 0.15) is 38.3 Å². The summed E-state index contributed by atoms with van der Waals surface area (Å²) in [5, 5.41) is 2.93. The van der Waals surface area contributed by atoms with E-state index in [0.29, 0.717) is 21.7 Å². The van der Waals surface area contributed by atoms with Crippen LogP contribution >= 0.6 is 15.9 Å². The van der Waals surface area contributed by atoms with Gasteiger partial charge in [-0.2, -0.15) is 0 Å². The third-order valence-corrected chi connectivity index (χ3v) is 9.38. The minimum absolute atomic E-state index is 0.0205. The van der Waals surface area contributed by atoms with Gasteiger partial charge in [0.2, 0.25) is 11.8 Å². The molecule has 1 N–H and O–H groups in total. The highest BCUT2D eigenvalue weighted by molar-refractivity contribution is 9.10. The first kappa shape index (κ1) is 32.9. The van der Waals surface area contributed by atoms with Crippen molar-refractivity contribution in [1.29, 1.82) is 0 Å². The molecule has 2 amide bonds. The molecule has 2 atom stereocenters. The van der Waals surface area contributed by atoms with Crippen molar-refractivity contribution in [2.75, 3.05) is 25.1 Å². The molecule has 0 aliphatic carbocycles. The fraction of sp³-hybridized carbons (Fsp3) is 0.355. The van der Waals surface area contributed by atoms with Crippen LogP contribution in [0.5, 0.6) is 11.5 Å². The van der Waals surface area contributed by atoms with Crippen LogP contribution in [-0.4, -0.2) is 58.0 Å². The van der Waals surface area contributed by atoms with Crippen LogP contribution in [0, 0.1) is 6.92 Å². The Morgan fingerprint density at radius 1 is 0.952 bits per heavy atom. The second-order valence-electron chi connectivity index (χ2n) is 10.0. The second-order valence-corrected chi connectivity index (χ2v) is 12.7. The summed E-state index contributed by atoms with van der Waals surface area (Å²) in [6.07, 6.45) is 0.724. The van der Waals surface area contributed by atoms with E-state index in [0.717, 1.165) is 21.9 Å². The molecule has 0 aliphatic heterocycles. The number of nitrogens with zero attached hydrogens (tertiary/aromatic N) is 2. The molecule has 3 rings (SSSR count). The second kappa shape index (κ2) is 14.6. The van der Waals surface area contributed by atoms with Crippen molar-refractivity contribution in [3.05, 3.63) is 82.3 Å². The lowest BCUT2D eigenvalue weighted by atomic mass is 10.1. The van der Waals surface area contributed by atoms with Gasteiger partial charge in [0.1, 0.15) is 24.1 Å². The lowest BCUT2D eigenvalue weighted by Gasteiger charge is -2.32. The topological polar surface area (TPSA) is 105 Å². The average molecular weight is 661 g/mol. The van der Waals surface area contributed by atoms with E-state index in [2.05, 4.69) is 21.2 Å². The monoisotopic (exact) mass is 659 g/mol. The highest BCUT2D eigenvalue weighted by Crippen LogP contribution is 2.31. The van der Waals surface area contributed by atoms with Gasteiger partial charge in [-0.05, 0) is 91.1 Å². The molecule has 0 unspecified atom stereocenters. The highest BCUT2D eigenvalue weighted by atomic mass is 79.9. The first-order valence-corrected chi connectivity index (χ1v) is 15.8. The standard InChI is InChI=1S/C31H38BrN3O6S/c1-7-22(3)33-31(37)23(4)34(19-24-10-14-26(40-5)15-11-24)30(36)20-35(25-12-8-21(2)9-13-25)42(38,39)27-16-17-29(41-6)28(32)18-27/h8-18,22-23H,7,19-20H2,1-6H3,(H,33,37)/t22-,23-/m1/s1. The van der Waals surface area contributed by atoms with E-state index in [1.807, 2.05) is 32.9 Å². The summed E-state index contributed by atoms with van der Waals surface area (Å²) in [5.74, 6) is 0.268. The van der Waals surface area contributed by atoms with Crippen LogP contribution in [0.4, 0.5) is 5.69 Å². The summed E-state index contributed by atoms with van der Waals surface area (Å²) < 4.78 is 40.1. The van der Waals surface area contributed by atoms with Gasteiger partial charge in [-0.3, -0.25) is 13.9 Å². The SMILES string of the molecule is CC[C@@H](C)NC(=O)[C@@H](C)N(Cc1ccc(OC)cc1)C(=O)CN(c1ccc(C)cc1)S(=O)(=O)c1ccc(OC)c(Br)c1. The number of carbonyl (C=O) groups is 2. The molecule has 0 fully saturated rings. The molecule has 0 aromatic heterocycles. The van der Waals surface area contributed by atoms with Gasteiger partial charge in [-0.1, -0.05) is 36.8 Å². The van der Waals surface area contributed by atoms with Gasteiger partial charge in [0.15, 0.2) is 0 Å². The fourth-order valence-corrected chi connectivity index (χ4v) is 6.28. The molecule has 0 radical (unpaired) electrons.